The van der Waals surface area contributed by atoms with Gasteiger partial charge in [-0.05, 0) is 23.9 Å². The van der Waals surface area contributed by atoms with Crippen molar-refractivity contribution in [3.8, 4) is 10.6 Å². The predicted molar refractivity (Wildman–Crippen MR) is 66.4 cm³/mol. The van der Waals surface area contributed by atoms with E-state index >= 15 is 0 Å². The molecule has 0 aliphatic carbocycles. The zero-order valence-electron chi connectivity index (χ0n) is 9.14. The van der Waals surface area contributed by atoms with E-state index in [1.807, 2.05) is 0 Å². The van der Waals surface area contributed by atoms with Crippen molar-refractivity contribution in [2.24, 2.45) is 0 Å². The van der Waals surface area contributed by atoms with Gasteiger partial charge < -0.3 is 5.11 Å². The third-order valence-electron chi connectivity index (χ3n) is 2.06. The Hall–Kier alpha value is -1.54. The Balaban J connectivity index is 2.20. The van der Waals surface area contributed by atoms with E-state index in [0.29, 0.717) is 10.6 Å². The van der Waals surface area contributed by atoms with Crippen molar-refractivity contribution >= 4 is 29.1 Å². The first-order valence-electron chi connectivity index (χ1n) is 4.90. The largest absolute Gasteiger partial charge is 0.476 e. The fourth-order valence-corrected chi connectivity index (χ4v) is 2.64. The molecule has 2 rings (SSSR count). The molecule has 8 heteroatoms. The Morgan fingerprint density at radius 2 is 1.89 bits per heavy atom. The van der Waals surface area contributed by atoms with Crippen LogP contribution in [-0.2, 0) is 0 Å². The number of thiazole rings is 1. The van der Waals surface area contributed by atoms with Gasteiger partial charge in [-0.1, -0.05) is 12.1 Å². The molecule has 1 aromatic heterocycles. The van der Waals surface area contributed by atoms with Crippen LogP contribution in [0.2, 0.25) is 0 Å². The number of rotatable bonds is 3. The van der Waals surface area contributed by atoms with E-state index in [4.69, 9.17) is 5.11 Å². The van der Waals surface area contributed by atoms with Gasteiger partial charge in [-0.15, -0.1) is 11.3 Å². The minimum absolute atomic E-state index is 0.0752. The fraction of sp³-hybridized carbons (Fsp3) is 0.0909. The van der Waals surface area contributed by atoms with Gasteiger partial charge in [0.15, 0.2) is 5.69 Å². The molecular formula is C11H6F3NO2S2. The molecule has 0 spiro atoms. The summed E-state index contributed by atoms with van der Waals surface area (Å²) in [5.74, 6) is -1.13. The summed E-state index contributed by atoms with van der Waals surface area (Å²) >= 11 is 0.933. The maximum atomic E-state index is 12.1. The van der Waals surface area contributed by atoms with Gasteiger partial charge >= 0.3 is 11.5 Å². The molecule has 1 heterocycles. The van der Waals surface area contributed by atoms with Crippen molar-refractivity contribution in [3.05, 3.63) is 35.3 Å². The Kier molecular flexibility index (Phi) is 3.81. The highest BCUT2D eigenvalue weighted by atomic mass is 32.2. The van der Waals surface area contributed by atoms with Gasteiger partial charge in [-0.2, -0.15) is 13.2 Å². The van der Waals surface area contributed by atoms with Gasteiger partial charge in [0, 0.05) is 15.8 Å². The lowest BCUT2D eigenvalue weighted by atomic mass is 10.2. The summed E-state index contributed by atoms with van der Waals surface area (Å²) in [5.41, 5.74) is -3.81. The number of aromatic nitrogens is 1. The third kappa shape index (κ3) is 3.71. The predicted octanol–water partition coefficient (Wildman–Crippen LogP) is 4.12. The number of benzene rings is 1. The zero-order valence-corrected chi connectivity index (χ0v) is 10.8. The highest BCUT2D eigenvalue weighted by Gasteiger charge is 2.29. The number of halogens is 3. The zero-order chi connectivity index (χ0) is 14.0. The number of alkyl halides is 3. The molecule has 0 radical (unpaired) electrons. The molecule has 0 unspecified atom stereocenters. The molecule has 0 aliphatic rings. The Morgan fingerprint density at radius 3 is 2.37 bits per heavy atom. The molecule has 3 nitrogen and oxygen atoms in total. The molecule has 100 valence electrons. The molecule has 0 atom stereocenters. The molecule has 1 aromatic carbocycles. The molecule has 0 amide bonds. The second-order valence-corrected chi connectivity index (χ2v) is 5.41. The average molecular weight is 305 g/mol. The van der Waals surface area contributed by atoms with Crippen LogP contribution in [0.5, 0.6) is 0 Å². The SMILES string of the molecule is O=C(O)c1csc(-c2ccc(SC(F)(F)F)cc2)n1. The van der Waals surface area contributed by atoms with E-state index in [9.17, 15) is 18.0 Å². The first-order chi connectivity index (χ1) is 8.85. The van der Waals surface area contributed by atoms with Crippen LogP contribution >= 0.6 is 23.1 Å². The van der Waals surface area contributed by atoms with E-state index in [1.54, 1.807) is 0 Å². The van der Waals surface area contributed by atoms with Crippen molar-refractivity contribution in [2.45, 2.75) is 10.4 Å². The van der Waals surface area contributed by atoms with Gasteiger partial charge in [0.1, 0.15) is 5.01 Å². The molecule has 19 heavy (non-hydrogen) atoms. The Morgan fingerprint density at radius 1 is 1.26 bits per heavy atom. The van der Waals surface area contributed by atoms with E-state index in [1.165, 1.54) is 29.6 Å². The van der Waals surface area contributed by atoms with E-state index in [-0.39, 0.29) is 22.4 Å². The van der Waals surface area contributed by atoms with Crippen LogP contribution in [-0.4, -0.2) is 21.6 Å². The number of carbonyl (C=O) groups is 1. The molecule has 0 aliphatic heterocycles. The van der Waals surface area contributed by atoms with Gasteiger partial charge in [0.2, 0.25) is 0 Å². The van der Waals surface area contributed by atoms with Crippen molar-refractivity contribution in [1.29, 1.82) is 0 Å². The summed E-state index contributed by atoms with van der Waals surface area (Å²) in [5, 5.41) is 10.6. The third-order valence-corrected chi connectivity index (χ3v) is 3.69. The lowest BCUT2D eigenvalue weighted by molar-refractivity contribution is -0.0328. The Labute approximate surface area is 114 Å². The lowest BCUT2D eigenvalue weighted by Crippen LogP contribution is -1.98. The average Bonchev–Trinajstić information content (AvgIpc) is 2.77. The lowest BCUT2D eigenvalue weighted by Gasteiger charge is -2.05. The second-order valence-electron chi connectivity index (χ2n) is 3.42. The van der Waals surface area contributed by atoms with E-state index in [2.05, 4.69) is 4.98 Å². The molecular weight excluding hydrogens is 299 g/mol. The van der Waals surface area contributed by atoms with Gasteiger partial charge in [-0.25, -0.2) is 9.78 Å². The van der Waals surface area contributed by atoms with Gasteiger partial charge in [0.25, 0.3) is 0 Å². The summed E-state index contributed by atoms with van der Waals surface area (Å²) in [7, 11) is 0. The maximum Gasteiger partial charge on any atom is 0.446 e. The molecule has 0 saturated carbocycles. The monoisotopic (exact) mass is 305 g/mol. The van der Waals surface area contributed by atoms with Crippen LogP contribution in [0.3, 0.4) is 0 Å². The first kappa shape index (κ1) is 13.9. The van der Waals surface area contributed by atoms with Gasteiger partial charge in [0.05, 0.1) is 0 Å². The number of carboxylic acids is 1. The fourth-order valence-electron chi connectivity index (χ4n) is 1.30. The standard InChI is InChI=1S/C11H6F3NO2S2/c12-11(13,14)19-7-3-1-6(2-4-7)9-15-8(5-18-9)10(16)17/h1-5H,(H,16,17). The number of hydrogen-bond acceptors (Lipinski definition) is 4. The first-order valence-corrected chi connectivity index (χ1v) is 6.60. The van der Waals surface area contributed by atoms with Crippen LogP contribution in [0.1, 0.15) is 10.5 Å². The minimum Gasteiger partial charge on any atom is -0.476 e. The summed E-state index contributed by atoms with van der Waals surface area (Å²) in [4.78, 5) is 14.6. The molecule has 0 bridgehead atoms. The summed E-state index contributed by atoms with van der Waals surface area (Å²) in [6, 6.07) is 5.63. The number of nitrogens with zero attached hydrogens (tertiary/aromatic N) is 1. The van der Waals surface area contributed by atoms with E-state index in [0.717, 1.165) is 11.3 Å². The minimum atomic E-state index is -4.32. The van der Waals surface area contributed by atoms with Crippen molar-refractivity contribution in [2.75, 3.05) is 0 Å². The topological polar surface area (TPSA) is 50.2 Å². The highest BCUT2D eigenvalue weighted by molar-refractivity contribution is 8.00. The normalized spacial score (nSPS) is 11.5. The Bertz CT molecular complexity index is 593. The molecule has 0 saturated heterocycles. The summed E-state index contributed by atoms with van der Waals surface area (Å²) in [6.07, 6.45) is 0. The quantitative estimate of drug-likeness (QED) is 0.867. The number of hydrogen-bond donors (Lipinski definition) is 1. The van der Waals surface area contributed by atoms with Crippen LogP contribution < -0.4 is 0 Å². The second kappa shape index (κ2) is 5.22. The highest BCUT2D eigenvalue weighted by Crippen LogP contribution is 2.37. The van der Waals surface area contributed by atoms with Crippen LogP contribution in [0.25, 0.3) is 10.6 Å². The summed E-state index contributed by atoms with van der Waals surface area (Å²) < 4.78 is 36.4. The number of carboxylic acid groups (broad SMARTS) is 1. The van der Waals surface area contributed by atoms with Crippen LogP contribution in [0.4, 0.5) is 13.2 Å². The van der Waals surface area contributed by atoms with Crippen molar-refractivity contribution in [3.63, 3.8) is 0 Å². The van der Waals surface area contributed by atoms with Crippen molar-refractivity contribution in [1.82, 2.24) is 4.98 Å². The smallest absolute Gasteiger partial charge is 0.446 e. The molecule has 2 aromatic rings. The van der Waals surface area contributed by atoms with Crippen LogP contribution in [0, 0.1) is 0 Å². The number of aromatic carboxylic acids is 1. The number of thioether (sulfide) groups is 1. The van der Waals surface area contributed by atoms with Gasteiger partial charge in [-0.3, -0.25) is 0 Å². The van der Waals surface area contributed by atoms with E-state index < -0.39 is 11.5 Å². The molecule has 1 N–H and O–H groups in total. The van der Waals surface area contributed by atoms with Crippen molar-refractivity contribution < 1.29 is 23.1 Å². The molecule has 0 fully saturated rings. The maximum absolute atomic E-state index is 12.1. The summed E-state index contributed by atoms with van der Waals surface area (Å²) in [6.45, 7) is 0. The van der Waals surface area contributed by atoms with Crippen LogP contribution in [0.15, 0.2) is 34.5 Å².